The molecule has 7 nitrogen and oxygen atoms in total. The number of guanidine groups is 1. The van der Waals surface area contributed by atoms with Gasteiger partial charge in [-0.15, -0.1) is 0 Å². The molecule has 4 N–H and O–H groups in total. The smallest absolute Gasteiger partial charge is 0.222 e. The molecule has 1 aromatic rings. The largest absolute Gasteiger partial charge is 0.369 e. The van der Waals surface area contributed by atoms with Crippen molar-refractivity contribution in [2.24, 2.45) is 16.6 Å². The third-order valence-electron chi connectivity index (χ3n) is 4.73. The number of nitrogens with one attached hydrogen (secondary N) is 2. The molecule has 0 saturated carbocycles. The molecule has 7 heteroatoms. The Labute approximate surface area is 156 Å². The molecule has 1 saturated heterocycles. The molecule has 0 spiro atoms. The van der Waals surface area contributed by atoms with Crippen LogP contribution < -0.4 is 21.3 Å². The Bertz CT molecular complexity index is 603. The number of anilines is 1. The van der Waals surface area contributed by atoms with Crippen molar-refractivity contribution in [3.8, 4) is 0 Å². The van der Waals surface area contributed by atoms with Crippen molar-refractivity contribution in [2.75, 3.05) is 31.6 Å². The summed E-state index contributed by atoms with van der Waals surface area (Å²) in [6.07, 6.45) is 7.17. The van der Waals surface area contributed by atoms with E-state index in [4.69, 9.17) is 5.73 Å². The van der Waals surface area contributed by atoms with E-state index in [1.165, 1.54) is 12.8 Å². The number of amides is 1. The fraction of sp³-hybridized carbons (Fsp3) is 0.632. The quantitative estimate of drug-likeness (QED) is 0.372. The van der Waals surface area contributed by atoms with Crippen molar-refractivity contribution < 1.29 is 4.79 Å². The van der Waals surface area contributed by atoms with Crippen LogP contribution in [0.1, 0.15) is 44.6 Å². The van der Waals surface area contributed by atoms with Crippen LogP contribution in [0, 0.1) is 5.92 Å². The topological polar surface area (TPSA) is 95.6 Å². The molecule has 2 rings (SSSR count). The second-order valence-corrected chi connectivity index (χ2v) is 6.73. The average Bonchev–Trinajstić information content (AvgIpc) is 2.68. The van der Waals surface area contributed by atoms with E-state index in [9.17, 15) is 4.79 Å². The lowest BCUT2D eigenvalue weighted by atomic mass is 9.97. The second kappa shape index (κ2) is 10.6. The Morgan fingerprint density at radius 1 is 1.42 bits per heavy atom. The maximum absolute atomic E-state index is 11.6. The van der Waals surface area contributed by atoms with E-state index in [1.807, 2.05) is 6.07 Å². The lowest BCUT2D eigenvalue weighted by Crippen LogP contribution is -2.42. The van der Waals surface area contributed by atoms with Gasteiger partial charge in [-0.05, 0) is 25.3 Å². The van der Waals surface area contributed by atoms with Gasteiger partial charge in [-0.2, -0.15) is 0 Å². The Kier molecular flexibility index (Phi) is 8.18. The molecule has 1 aromatic heterocycles. The zero-order valence-corrected chi connectivity index (χ0v) is 16.0. The lowest BCUT2D eigenvalue weighted by molar-refractivity contribution is -0.122. The summed E-state index contributed by atoms with van der Waals surface area (Å²) in [5, 5.41) is 6.70. The molecule has 0 aliphatic carbocycles. The van der Waals surface area contributed by atoms with Crippen LogP contribution >= 0.6 is 0 Å². The fourth-order valence-corrected chi connectivity index (χ4v) is 3.24. The van der Waals surface area contributed by atoms with Crippen molar-refractivity contribution in [2.45, 2.75) is 45.6 Å². The standard InChI is InChI=1S/C19H32N6O/c1-3-4-5-10-23-19(21-2)24-13-15-8-6-11-22-18(15)25-12-7-9-16(14-25)17(20)26/h6,8,11,16H,3-5,7,9-10,12-14H2,1-2H3,(H2,20,26)(H2,21,23,24). The number of primary amides is 1. The molecule has 0 bridgehead atoms. The number of nitrogens with two attached hydrogens (primary N) is 1. The summed E-state index contributed by atoms with van der Waals surface area (Å²) < 4.78 is 0. The number of aromatic nitrogens is 1. The number of unbranched alkanes of at least 4 members (excludes halogenated alkanes) is 2. The monoisotopic (exact) mass is 360 g/mol. The van der Waals surface area contributed by atoms with Gasteiger partial charge >= 0.3 is 0 Å². The van der Waals surface area contributed by atoms with Gasteiger partial charge < -0.3 is 21.3 Å². The van der Waals surface area contributed by atoms with Crippen molar-refractivity contribution in [3.63, 3.8) is 0 Å². The molecule has 1 aliphatic rings. The highest BCUT2D eigenvalue weighted by Crippen LogP contribution is 2.24. The van der Waals surface area contributed by atoms with Crippen LogP contribution in [-0.2, 0) is 11.3 Å². The van der Waals surface area contributed by atoms with Crippen molar-refractivity contribution in [1.82, 2.24) is 15.6 Å². The van der Waals surface area contributed by atoms with Crippen LogP contribution in [0.2, 0.25) is 0 Å². The predicted molar refractivity (Wildman–Crippen MR) is 106 cm³/mol. The first kappa shape index (κ1) is 20.0. The molecular weight excluding hydrogens is 328 g/mol. The first-order valence-electron chi connectivity index (χ1n) is 9.58. The van der Waals surface area contributed by atoms with Gasteiger partial charge in [-0.25, -0.2) is 4.98 Å². The van der Waals surface area contributed by atoms with E-state index >= 15 is 0 Å². The molecule has 1 aliphatic heterocycles. The number of pyridine rings is 1. The molecule has 26 heavy (non-hydrogen) atoms. The number of hydrogen-bond acceptors (Lipinski definition) is 4. The zero-order chi connectivity index (χ0) is 18.8. The SMILES string of the molecule is CCCCCNC(=NC)NCc1cccnc1N1CCCC(C(N)=O)C1. The van der Waals surface area contributed by atoms with Crippen molar-refractivity contribution in [3.05, 3.63) is 23.9 Å². The average molecular weight is 361 g/mol. The predicted octanol–water partition coefficient (Wildman–Crippen LogP) is 1.64. The van der Waals surface area contributed by atoms with Gasteiger partial charge in [0.25, 0.3) is 0 Å². The summed E-state index contributed by atoms with van der Waals surface area (Å²) in [6.45, 7) is 5.29. The minimum Gasteiger partial charge on any atom is -0.369 e. The van der Waals surface area contributed by atoms with Crippen LogP contribution in [-0.4, -0.2) is 43.5 Å². The molecule has 144 valence electrons. The first-order chi connectivity index (χ1) is 12.7. The molecule has 1 unspecified atom stereocenters. The van der Waals surface area contributed by atoms with Crippen LogP contribution in [0.15, 0.2) is 23.3 Å². The van der Waals surface area contributed by atoms with Gasteiger partial charge in [0.05, 0.1) is 5.92 Å². The van der Waals surface area contributed by atoms with Gasteiger partial charge in [0, 0.05) is 45.0 Å². The minimum absolute atomic E-state index is 0.0976. The second-order valence-electron chi connectivity index (χ2n) is 6.73. The number of nitrogens with zero attached hydrogens (tertiary/aromatic N) is 3. The van der Waals surface area contributed by atoms with E-state index in [2.05, 4.69) is 38.5 Å². The number of aliphatic imine (C=N–C) groups is 1. The highest BCUT2D eigenvalue weighted by atomic mass is 16.1. The molecule has 2 heterocycles. The number of piperidine rings is 1. The van der Waals surface area contributed by atoms with Gasteiger partial charge in [0.1, 0.15) is 5.82 Å². The molecule has 1 atom stereocenters. The highest BCUT2D eigenvalue weighted by molar-refractivity contribution is 5.80. The Balaban J connectivity index is 1.96. The maximum atomic E-state index is 11.6. The summed E-state index contributed by atoms with van der Waals surface area (Å²) in [6, 6.07) is 4.00. The molecule has 1 fully saturated rings. The van der Waals surface area contributed by atoms with Gasteiger partial charge in [0.15, 0.2) is 5.96 Å². The van der Waals surface area contributed by atoms with Crippen LogP contribution in [0.5, 0.6) is 0 Å². The third-order valence-corrected chi connectivity index (χ3v) is 4.73. The van der Waals surface area contributed by atoms with E-state index in [0.29, 0.717) is 13.1 Å². The third kappa shape index (κ3) is 5.89. The Morgan fingerprint density at radius 2 is 2.27 bits per heavy atom. The van der Waals surface area contributed by atoms with Crippen LogP contribution in [0.3, 0.4) is 0 Å². The Morgan fingerprint density at radius 3 is 3.00 bits per heavy atom. The maximum Gasteiger partial charge on any atom is 0.222 e. The molecular formula is C19H32N6O. The summed E-state index contributed by atoms with van der Waals surface area (Å²) in [5.41, 5.74) is 6.60. The number of carbonyl (C=O) groups is 1. The van der Waals surface area contributed by atoms with Crippen molar-refractivity contribution in [1.29, 1.82) is 0 Å². The summed E-state index contributed by atoms with van der Waals surface area (Å²) in [5.74, 6) is 1.40. The zero-order valence-electron chi connectivity index (χ0n) is 16.0. The first-order valence-corrected chi connectivity index (χ1v) is 9.58. The van der Waals surface area contributed by atoms with Crippen molar-refractivity contribution >= 4 is 17.7 Å². The van der Waals surface area contributed by atoms with E-state index < -0.39 is 0 Å². The van der Waals surface area contributed by atoms with Crippen LogP contribution in [0.25, 0.3) is 0 Å². The van der Waals surface area contributed by atoms with Gasteiger partial charge in [-0.1, -0.05) is 25.8 Å². The molecule has 1 amide bonds. The molecule has 0 aromatic carbocycles. The number of rotatable bonds is 8. The Hall–Kier alpha value is -2.31. The molecule has 0 radical (unpaired) electrons. The summed E-state index contributed by atoms with van der Waals surface area (Å²) in [4.78, 5) is 22.6. The highest BCUT2D eigenvalue weighted by Gasteiger charge is 2.25. The van der Waals surface area contributed by atoms with E-state index in [-0.39, 0.29) is 11.8 Å². The fourth-order valence-electron chi connectivity index (χ4n) is 3.24. The number of hydrogen-bond donors (Lipinski definition) is 3. The summed E-state index contributed by atoms with van der Waals surface area (Å²) in [7, 11) is 1.78. The lowest BCUT2D eigenvalue weighted by Gasteiger charge is -2.33. The van der Waals surface area contributed by atoms with E-state index in [0.717, 1.165) is 49.7 Å². The van der Waals surface area contributed by atoms with Gasteiger partial charge in [-0.3, -0.25) is 9.79 Å². The van der Waals surface area contributed by atoms with E-state index in [1.54, 1.807) is 13.2 Å². The number of carbonyl (C=O) groups excluding carboxylic acids is 1. The summed E-state index contributed by atoms with van der Waals surface area (Å²) >= 11 is 0. The van der Waals surface area contributed by atoms with Crippen LogP contribution in [0.4, 0.5) is 5.82 Å². The minimum atomic E-state index is -0.220. The van der Waals surface area contributed by atoms with Gasteiger partial charge in [0.2, 0.25) is 5.91 Å². The normalized spacial score (nSPS) is 17.8.